The van der Waals surface area contributed by atoms with Gasteiger partial charge in [-0.25, -0.2) is 4.39 Å². The second kappa shape index (κ2) is 7.16. The zero-order valence-electron chi connectivity index (χ0n) is 12.4. The number of benzene rings is 1. The number of likely N-dealkylation sites (N-methyl/N-ethyl adjacent to an activating group) is 1. The minimum Gasteiger partial charge on any atom is -0.380 e. The van der Waals surface area contributed by atoms with Crippen LogP contribution in [-0.4, -0.2) is 38.3 Å². The standard InChI is InChI=1S/C16H25FN2O/c1-12-3-6-15(17)14(9-12)16(10-18)19(2)7-8-20-11-13-4-5-13/h3,6,9,13,16H,4-5,7-8,10-11,18H2,1-2H3. The average Bonchev–Trinajstić information content (AvgIpc) is 3.24. The molecule has 0 aliphatic heterocycles. The molecule has 0 heterocycles. The van der Waals surface area contributed by atoms with Crippen molar-refractivity contribution in [2.75, 3.05) is 33.4 Å². The number of hydrogen-bond donors (Lipinski definition) is 1. The van der Waals surface area contributed by atoms with E-state index in [1.807, 2.05) is 20.0 Å². The quantitative estimate of drug-likeness (QED) is 0.744. The average molecular weight is 280 g/mol. The molecule has 1 fully saturated rings. The molecule has 0 aromatic heterocycles. The van der Waals surface area contributed by atoms with Gasteiger partial charge >= 0.3 is 0 Å². The highest BCUT2D eigenvalue weighted by Crippen LogP contribution is 2.28. The molecule has 112 valence electrons. The SMILES string of the molecule is Cc1ccc(F)c(C(CN)N(C)CCOCC2CC2)c1. The summed E-state index contributed by atoms with van der Waals surface area (Å²) < 4.78 is 19.6. The lowest BCUT2D eigenvalue weighted by Crippen LogP contribution is -2.33. The number of rotatable bonds is 8. The van der Waals surface area contributed by atoms with E-state index in [-0.39, 0.29) is 11.9 Å². The molecule has 0 spiro atoms. The van der Waals surface area contributed by atoms with Crippen molar-refractivity contribution in [3.63, 3.8) is 0 Å². The highest BCUT2D eigenvalue weighted by molar-refractivity contribution is 5.27. The monoisotopic (exact) mass is 280 g/mol. The van der Waals surface area contributed by atoms with Gasteiger partial charge in [-0.15, -0.1) is 0 Å². The summed E-state index contributed by atoms with van der Waals surface area (Å²) in [6.45, 7) is 4.67. The molecule has 20 heavy (non-hydrogen) atoms. The number of hydrogen-bond acceptors (Lipinski definition) is 3. The van der Waals surface area contributed by atoms with Crippen LogP contribution in [0, 0.1) is 18.7 Å². The van der Waals surface area contributed by atoms with Crippen molar-refractivity contribution < 1.29 is 9.13 Å². The second-order valence-electron chi connectivity index (χ2n) is 5.78. The summed E-state index contributed by atoms with van der Waals surface area (Å²) >= 11 is 0. The number of ether oxygens (including phenoxy) is 1. The van der Waals surface area contributed by atoms with Crippen LogP contribution in [-0.2, 0) is 4.74 Å². The summed E-state index contributed by atoms with van der Waals surface area (Å²) in [6.07, 6.45) is 2.60. The number of halogens is 1. The predicted octanol–water partition coefficient (Wildman–Crippen LogP) is 2.49. The molecule has 3 nitrogen and oxygen atoms in total. The van der Waals surface area contributed by atoms with Crippen LogP contribution in [0.3, 0.4) is 0 Å². The van der Waals surface area contributed by atoms with Crippen molar-refractivity contribution in [3.8, 4) is 0 Å². The van der Waals surface area contributed by atoms with E-state index < -0.39 is 0 Å². The molecule has 4 heteroatoms. The minimum atomic E-state index is -0.184. The third kappa shape index (κ3) is 4.27. The summed E-state index contributed by atoms with van der Waals surface area (Å²) in [4.78, 5) is 2.07. The maximum atomic E-state index is 14.0. The number of aryl methyl sites for hydroxylation is 1. The molecule has 0 radical (unpaired) electrons. The molecular formula is C16H25FN2O. The van der Waals surface area contributed by atoms with E-state index in [0.717, 1.165) is 24.6 Å². The first-order valence-electron chi connectivity index (χ1n) is 7.36. The van der Waals surface area contributed by atoms with Crippen LogP contribution in [0.5, 0.6) is 0 Å². The molecule has 1 unspecified atom stereocenters. The Bertz CT molecular complexity index is 434. The maximum Gasteiger partial charge on any atom is 0.128 e. The lowest BCUT2D eigenvalue weighted by atomic mass is 10.0. The molecule has 2 rings (SSSR count). The van der Waals surface area contributed by atoms with E-state index in [4.69, 9.17) is 10.5 Å². The zero-order chi connectivity index (χ0) is 14.5. The predicted molar refractivity (Wildman–Crippen MR) is 79.1 cm³/mol. The van der Waals surface area contributed by atoms with Crippen molar-refractivity contribution in [2.24, 2.45) is 11.7 Å². The Labute approximate surface area is 120 Å². The summed E-state index contributed by atoms with van der Waals surface area (Å²) in [5, 5.41) is 0. The smallest absolute Gasteiger partial charge is 0.128 e. The molecule has 2 N–H and O–H groups in total. The van der Waals surface area contributed by atoms with E-state index in [2.05, 4.69) is 4.90 Å². The van der Waals surface area contributed by atoms with E-state index in [0.29, 0.717) is 18.7 Å². The van der Waals surface area contributed by atoms with Gasteiger partial charge in [-0.3, -0.25) is 4.90 Å². The van der Waals surface area contributed by atoms with Crippen molar-refractivity contribution in [1.82, 2.24) is 4.90 Å². The topological polar surface area (TPSA) is 38.5 Å². The maximum absolute atomic E-state index is 14.0. The lowest BCUT2D eigenvalue weighted by molar-refractivity contribution is 0.0917. The van der Waals surface area contributed by atoms with Crippen molar-refractivity contribution in [1.29, 1.82) is 0 Å². The summed E-state index contributed by atoms with van der Waals surface area (Å²) in [7, 11) is 1.97. The third-order valence-electron chi connectivity index (χ3n) is 3.90. The van der Waals surface area contributed by atoms with Gasteiger partial charge in [0.25, 0.3) is 0 Å². The van der Waals surface area contributed by atoms with Crippen molar-refractivity contribution in [3.05, 3.63) is 35.1 Å². The molecule has 0 amide bonds. The van der Waals surface area contributed by atoms with E-state index in [9.17, 15) is 4.39 Å². The van der Waals surface area contributed by atoms with Gasteiger partial charge in [0.1, 0.15) is 5.82 Å². The summed E-state index contributed by atoms with van der Waals surface area (Å²) in [5.41, 5.74) is 7.57. The summed E-state index contributed by atoms with van der Waals surface area (Å²) in [6, 6.07) is 5.09. The fourth-order valence-electron chi connectivity index (χ4n) is 2.36. The third-order valence-corrected chi connectivity index (χ3v) is 3.90. The minimum absolute atomic E-state index is 0.0978. The Morgan fingerprint density at radius 3 is 2.85 bits per heavy atom. The molecular weight excluding hydrogens is 255 g/mol. The fourth-order valence-corrected chi connectivity index (χ4v) is 2.36. The van der Waals surface area contributed by atoms with Crippen molar-refractivity contribution in [2.45, 2.75) is 25.8 Å². The molecule has 1 atom stereocenters. The first kappa shape index (κ1) is 15.4. The highest BCUT2D eigenvalue weighted by atomic mass is 19.1. The number of nitrogens with zero attached hydrogens (tertiary/aromatic N) is 1. The van der Waals surface area contributed by atoms with E-state index in [1.54, 1.807) is 6.07 Å². The van der Waals surface area contributed by atoms with Crippen LogP contribution < -0.4 is 5.73 Å². The Kier molecular flexibility index (Phi) is 5.52. The fraction of sp³-hybridized carbons (Fsp3) is 0.625. The van der Waals surface area contributed by atoms with Gasteiger partial charge < -0.3 is 10.5 Å². The van der Waals surface area contributed by atoms with Crippen LogP contribution in [0.1, 0.15) is 30.0 Å². The second-order valence-corrected chi connectivity index (χ2v) is 5.78. The molecule has 1 aliphatic rings. The summed E-state index contributed by atoms with van der Waals surface area (Å²) in [5.74, 6) is 0.594. The molecule has 1 saturated carbocycles. The van der Waals surface area contributed by atoms with Crippen LogP contribution in [0.4, 0.5) is 4.39 Å². The first-order valence-corrected chi connectivity index (χ1v) is 7.36. The van der Waals surface area contributed by atoms with Gasteiger partial charge in [0.05, 0.1) is 6.61 Å². The number of nitrogens with two attached hydrogens (primary N) is 1. The van der Waals surface area contributed by atoms with Gasteiger partial charge in [0.15, 0.2) is 0 Å². The molecule has 0 saturated heterocycles. The lowest BCUT2D eigenvalue weighted by Gasteiger charge is -2.27. The van der Waals surface area contributed by atoms with Crippen LogP contribution in [0.2, 0.25) is 0 Å². The van der Waals surface area contributed by atoms with Crippen molar-refractivity contribution >= 4 is 0 Å². The van der Waals surface area contributed by atoms with Crippen LogP contribution in [0.25, 0.3) is 0 Å². The highest BCUT2D eigenvalue weighted by Gasteiger charge is 2.22. The van der Waals surface area contributed by atoms with Gasteiger partial charge in [0, 0.05) is 31.3 Å². The largest absolute Gasteiger partial charge is 0.380 e. The zero-order valence-corrected chi connectivity index (χ0v) is 12.4. The molecule has 1 aromatic carbocycles. The Morgan fingerprint density at radius 2 is 2.20 bits per heavy atom. The van der Waals surface area contributed by atoms with Gasteiger partial charge in [-0.1, -0.05) is 17.7 Å². The molecule has 1 aromatic rings. The van der Waals surface area contributed by atoms with Gasteiger partial charge in [0.2, 0.25) is 0 Å². The Morgan fingerprint density at radius 1 is 1.45 bits per heavy atom. The molecule has 0 bridgehead atoms. The Hall–Kier alpha value is -0.970. The van der Waals surface area contributed by atoms with Crippen LogP contribution >= 0.6 is 0 Å². The first-order chi connectivity index (χ1) is 9.61. The normalized spacial score (nSPS) is 16.6. The van der Waals surface area contributed by atoms with Gasteiger partial charge in [-0.05, 0) is 38.8 Å². The van der Waals surface area contributed by atoms with Gasteiger partial charge in [-0.2, -0.15) is 0 Å². The van der Waals surface area contributed by atoms with E-state index in [1.165, 1.54) is 18.9 Å². The van der Waals surface area contributed by atoms with Crippen LogP contribution in [0.15, 0.2) is 18.2 Å². The van der Waals surface area contributed by atoms with E-state index >= 15 is 0 Å². The Balaban J connectivity index is 1.89. The molecule has 1 aliphatic carbocycles.